The summed E-state index contributed by atoms with van der Waals surface area (Å²) in [7, 11) is 2.19. The molecule has 2 rings (SSSR count). The van der Waals surface area contributed by atoms with Crippen LogP contribution >= 0.6 is 11.3 Å². The van der Waals surface area contributed by atoms with Crippen LogP contribution in [0, 0.1) is 0 Å². The first-order valence-electron chi connectivity index (χ1n) is 5.55. The van der Waals surface area contributed by atoms with E-state index in [9.17, 15) is 0 Å². The SMILES string of the molecule is CC(C)c1ncc(C2CNCCN2C)s1. The Labute approximate surface area is 95.5 Å². The Morgan fingerprint density at radius 3 is 3.00 bits per heavy atom. The maximum absolute atomic E-state index is 4.49. The highest BCUT2D eigenvalue weighted by Crippen LogP contribution is 2.29. The molecule has 1 aromatic rings. The van der Waals surface area contributed by atoms with Crippen LogP contribution in [-0.4, -0.2) is 36.6 Å². The minimum atomic E-state index is 0.517. The standard InChI is InChI=1S/C11H19N3S/c1-8(2)11-13-7-10(15-11)9-6-12-4-5-14(9)3/h7-9,12H,4-6H2,1-3H3. The molecule has 0 saturated carbocycles. The lowest BCUT2D eigenvalue weighted by atomic mass is 10.2. The van der Waals surface area contributed by atoms with Gasteiger partial charge in [-0.2, -0.15) is 0 Å². The van der Waals surface area contributed by atoms with E-state index in [0.717, 1.165) is 19.6 Å². The molecule has 15 heavy (non-hydrogen) atoms. The van der Waals surface area contributed by atoms with Crippen molar-refractivity contribution >= 4 is 11.3 Å². The molecule has 0 amide bonds. The van der Waals surface area contributed by atoms with Crippen LogP contribution in [0.4, 0.5) is 0 Å². The number of rotatable bonds is 2. The molecule has 1 aromatic heterocycles. The first kappa shape index (κ1) is 11.0. The topological polar surface area (TPSA) is 28.2 Å². The van der Waals surface area contributed by atoms with Crippen molar-refractivity contribution in [2.45, 2.75) is 25.8 Å². The molecule has 0 aromatic carbocycles. The van der Waals surface area contributed by atoms with Gasteiger partial charge in [0.2, 0.25) is 0 Å². The van der Waals surface area contributed by atoms with Gasteiger partial charge in [-0.1, -0.05) is 13.8 Å². The van der Waals surface area contributed by atoms with Crippen molar-refractivity contribution < 1.29 is 0 Å². The van der Waals surface area contributed by atoms with Crippen LogP contribution in [0.15, 0.2) is 6.20 Å². The van der Waals surface area contributed by atoms with E-state index in [2.05, 4.69) is 36.1 Å². The fourth-order valence-corrected chi connectivity index (χ4v) is 2.93. The molecule has 84 valence electrons. The predicted octanol–water partition coefficient (Wildman–Crippen LogP) is 1.84. The maximum Gasteiger partial charge on any atom is 0.0953 e. The average molecular weight is 225 g/mol. The lowest BCUT2D eigenvalue weighted by Gasteiger charge is -2.32. The van der Waals surface area contributed by atoms with Crippen molar-refractivity contribution in [2.24, 2.45) is 0 Å². The maximum atomic E-state index is 4.49. The van der Waals surface area contributed by atoms with Gasteiger partial charge in [-0.3, -0.25) is 4.90 Å². The van der Waals surface area contributed by atoms with E-state index in [-0.39, 0.29) is 0 Å². The van der Waals surface area contributed by atoms with Gasteiger partial charge >= 0.3 is 0 Å². The Morgan fingerprint density at radius 2 is 2.40 bits per heavy atom. The van der Waals surface area contributed by atoms with Crippen LogP contribution in [-0.2, 0) is 0 Å². The van der Waals surface area contributed by atoms with E-state index >= 15 is 0 Å². The molecule has 1 aliphatic heterocycles. The summed E-state index contributed by atoms with van der Waals surface area (Å²) < 4.78 is 0. The molecule has 0 radical (unpaired) electrons. The van der Waals surface area contributed by atoms with Gasteiger partial charge in [0, 0.05) is 36.6 Å². The first-order chi connectivity index (χ1) is 7.18. The first-order valence-corrected chi connectivity index (χ1v) is 6.36. The number of piperazine rings is 1. The van der Waals surface area contributed by atoms with E-state index in [1.165, 1.54) is 9.88 Å². The van der Waals surface area contributed by atoms with Crippen LogP contribution in [0.5, 0.6) is 0 Å². The Hall–Kier alpha value is -0.450. The lowest BCUT2D eigenvalue weighted by Crippen LogP contribution is -2.43. The number of likely N-dealkylation sites (N-methyl/N-ethyl adjacent to an activating group) is 1. The summed E-state index contributed by atoms with van der Waals surface area (Å²) in [5, 5.41) is 4.69. The zero-order valence-corrected chi connectivity index (χ0v) is 10.5. The van der Waals surface area contributed by atoms with Gasteiger partial charge in [0.15, 0.2) is 0 Å². The van der Waals surface area contributed by atoms with Crippen molar-refractivity contribution in [3.05, 3.63) is 16.1 Å². The molecular formula is C11H19N3S. The van der Waals surface area contributed by atoms with E-state index in [0.29, 0.717) is 12.0 Å². The highest BCUT2D eigenvalue weighted by atomic mass is 32.1. The number of hydrogen-bond acceptors (Lipinski definition) is 4. The summed E-state index contributed by atoms with van der Waals surface area (Å²) in [6.45, 7) is 7.68. The van der Waals surface area contributed by atoms with Crippen LogP contribution in [0.2, 0.25) is 0 Å². The van der Waals surface area contributed by atoms with Gasteiger partial charge in [0.05, 0.1) is 11.0 Å². The Morgan fingerprint density at radius 1 is 1.60 bits per heavy atom. The minimum absolute atomic E-state index is 0.517. The van der Waals surface area contributed by atoms with Crippen LogP contribution in [0.1, 0.15) is 35.7 Å². The van der Waals surface area contributed by atoms with Crippen molar-refractivity contribution in [3.8, 4) is 0 Å². The van der Waals surface area contributed by atoms with E-state index in [4.69, 9.17) is 0 Å². The third-order valence-corrected chi connectivity index (χ3v) is 4.27. The largest absolute Gasteiger partial charge is 0.314 e. The molecule has 1 N–H and O–H groups in total. The zero-order chi connectivity index (χ0) is 10.8. The molecule has 1 unspecified atom stereocenters. The molecule has 0 spiro atoms. The molecule has 1 aliphatic rings. The Balaban J connectivity index is 2.13. The molecule has 1 saturated heterocycles. The smallest absolute Gasteiger partial charge is 0.0953 e. The van der Waals surface area contributed by atoms with Crippen molar-refractivity contribution in [1.82, 2.24) is 15.2 Å². The summed E-state index contributed by atoms with van der Waals surface area (Å²) in [5.74, 6) is 0.547. The minimum Gasteiger partial charge on any atom is -0.314 e. The summed E-state index contributed by atoms with van der Waals surface area (Å²) >= 11 is 1.86. The van der Waals surface area contributed by atoms with Gasteiger partial charge in [-0.05, 0) is 7.05 Å². The fourth-order valence-electron chi connectivity index (χ4n) is 1.85. The summed E-state index contributed by atoms with van der Waals surface area (Å²) in [5.41, 5.74) is 0. The fraction of sp³-hybridized carbons (Fsp3) is 0.727. The molecule has 4 heteroatoms. The van der Waals surface area contributed by atoms with Gasteiger partial charge in [-0.15, -0.1) is 11.3 Å². The molecular weight excluding hydrogens is 206 g/mol. The summed E-state index contributed by atoms with van der Waals surface area (Å²) in [6.07, 6.45) is 2.05. The van der Waals surface area contributed by atoms with Crippen LogP contribution in [0.3, 0.4) is 0 Å². The van der Waals surface area contributed by atoms with E-state index < -0.39 is 0 Å². The van der Waals surface area contributed by atoms with Crippen molar-refractivity contribution in [3.63, 3.8) is 0 Å². The predicted molar refractivity (Wildman–Crippen MR) is 64.4 cm³/mol. The van der Waals surface area contributed by atoms with Crippen LogP contribution in [0.25, 0.3) is 0 Å². The van der Waals surface area contributed by atoms with E-state index in [1.54, 1.807) is 0 Å². The van der Waals surface area contributed by atoms with Crippen molar-refractivity contribution in [2.75, 3.05) is 26.7 Å². The molecule has 0 aliphatic carbocycles. The highest BCUT2D eigenvalue weighted by Gasteiger charge is 2.22. The van der Waals surface area contributed by atoms with Crippen LogP contribution < -0.4 is 5.32 Å². The molecule has 3 nitrogen and oxygen atoms in total. The second-order valence-corrected chi connectivity index (χ2v) is 5.55. The number of aromatic nitrogens is 1. The second kappa shape index (κ2) is 4.60. The molecule has 0 bridgehead atoms. The zero-order valence-electron chi connectivity index (χ0n) is 9.66. The number of nitrogens with one attached hydrogen (secondary N) is 1. The molecule has 2 heterocycles. The second-order valence-electron chi connectivity index (χ2n) is 4.46. The average Bonchev–Trinajstić information content (AvgIpc) is 2.67. The summed E-state index contributed by atoms with van der Waals surface area (Å²) in [6, 6.07) is 0.517. The Kier molecular flexibility index (Phi) is 3.38. The Bertz CT molecular complexity index is 321. The summed E-state index contributed by atoms with van der Waals surface area (Å²) in [4.78, 5) is 8.30. The quantitative estimate of drug-likeness (QED) is 0.832. The monoisotopic (exact) mass is 225 g/mol. The van der Waals surface area contributed by atoms with E-state index in [1.807, 2.05) is 17.5 Å². The highest BCUT2D eigenvalue weighted by molar-refractivity contribution is 7.11. The third-order valence-electron chi connectivity index (χ3n) is 2.87. The van der Waals surface area contributed by atoms with Crippen molar-refractivity contribution in [1.29, 1.82) is 0 Å². The van der Waals surface area contributed by atoms with Gasteiger partial charge in [0.1, 0.15) is 0 Å². The molecule has 1 atom stereocenters. The molecule has 1 fully saturated rings. The number of nitrogens with zero attached hydrogens (tertiary/aromatic N) is 2. The number of thiazole rings is 1. The van der Waals surface area contributed by atoms with Gasteiger partial charge < -0.3 is 5.32 Å². The third kappa shape index (κ3) is 2.38. The normalized spacial score (nSPS) is 23.6. The van der Waals surface area contributed by atoms with Gasteiger partial charge in [0.25, 0.3) is 0 Å². The lowest BCUT2D eigenvalue weighted by molar-refractivity contribution is 0.205. The number of hydrogen-bond donors (Lipinski definition) is 1. The van der Waals surface area contributed by atoms with Gasteiger partial charge in [-0.25, -0.2) is 4.98 Å².